The van der Waals surface area contributed by atoms with E-state index in [9.17, 15) is 18.4 Å². The van der Waals surface area contributed by atoms with Crippen molar-refractivity contribution < 1.29 is 23.1 Å². The fraction of sp³-hybridized carbons (Fsp3) is 0.533. The van der Waals surface area contributed by atoms with E-state index in [1.165, 1.54) is 32.2 Å². The first-order valence-corrected chi connectivity index (χ1v) is 6.47. The molecule has 6 heteroatoms. The number of carbonyl (C=O) groups is 2. The fourth-order valence-corrected chi connectivity index (χ4v) is 2.08. The molecule has 0 spiro atoms. The summed E-state index contributed by atoms with van der Waals surface area (Å²) < 4.78 is 28.4. The molecule has 0 radical (unpaired) electrons. The number of halogens is 2. The maximum atomic E-state index is 12.6. The Kier molecular flexibility index (Phi) is 4.81. The second-order valence-corrected chi connectivity index (χ2v) is 6.02. The Bertz CT molecular complexity index is 535. The maximum Gasteiger partial charge on any atom is 0.388 e. The first-order valence-electron chi connectivity index (χ1n) is 6.47. The molecule has 0 fully saturated rings. The topological polar surface area (TPSA) is 56.3 Å². The van der Waals surface area contributed by atoms with Crippen molar-refractivity contribution in [3.05, 3.63) is 23.9 Å². The lowest BCUT2D eigenvalue weighted by atomic mass is 9.68. The number of Topliss-reactive ketones (excluding diaryl/α,β-unsaturated/α-hetero) is 2. The van der Waals surface area contributed by atoms with Gasteiger partial charge in [-0.2, -0.15) is 8.78 Å². The number of ketones is 2. The van der Waals surface area contributed by atoms with E-state index in [2.05, 4.69) is 9.72 Å². The van der Waals surface area contributed by atoms with Gasteiger partial charge in [0.1, 0.15) is 11.2 Å². The number of aromatic nitrogens is 1. The van der Waals surface area contributed by atoms with E-state index in [0.29, 0.717) is 5.56 Å². The molecular weight excluding hydrogens is 280 g/mol. The van der Waals surface area contributed by atoms with Crippen LogP contribution in [0.15, 0.2) is 18.3 Å². The van der Waals surface area contributed by atoms with Gasteiger partial charge in [0, 0.05) is 17.7 Å². The van der Waals surface area contributed by atoms with Gasteiger partial charge in [-0.3, -0.25) is 9.59 Å². The summed E-state index contributed by atoms with van der Waals surface area (Å²) in [6, 6.07) is 2.63. The molecule has 0 aliphatic carbocycles. The van der Waals surface area contributed by atoms with E-state index in [1.54, 1.807) is 20.8 Å². The Morgan fingerprint density at radius 1 is 1.19 bits per heavy atom. The predicted molar refractivity (Wildman–Crippen MR) is 73.4 cm³/mol. The molecule has 21 heavy (non-hydrogen) atoms. The van der Waals surface area contributed by atoms with Gasteiger partial charge in [0.2, 0.25) is 5.88 Å². The monoisotopic (exact) mass is 299 g/mol. The zero-order valence-corrected chi connectivity index (χ0v) is 12.7. The first-order chi connectivity index (χ1) is 9.49. The molecule has 0 aliphatic heterocycles. The molecule has 1 unspecified atom stereocenters. The van der Waals surface area contributed by atoms with E-state index in [4.69, 9.17) is 0 Å². The van der Waals surface area contributed by atoms with Gasteiger partial charge >= 0.3 is 6.61 Å². The molecule has 116 valence electrons. The van der Waals surface area contributed by atoms with Crippen molar-refractivity contribution in [1.82, 2.24) is 4.98 Å². The van der Waals surface area contributed by atoms with Crippen molar-refractivity contribution in [2.24, 2.45) is 5.41 Å². The van der Waals surface area contributed by atoms with Crippen LogP contribution in [0.25, 0.3) is 0 Å². The van der Waals surface area contributed by atoms with Crippen LogP contribution in [0.3, 0.4) is 0 Å². The van der Waals surface area contributed by atoms with Crippen molar-refractivity contribution in [3.63, 3.8) is 0 Å². The molecule has 1 aromatic heterocycles. The Labute approximate surface area is 122 Å². The molecule has 0 saturated carbocycles. The van der Waals surface area contributed by atoms with Gasteiger partial charge in [0.15, 0.2) is 5.78 Å². The largest absolute Gasteiger partial charge is 0.417 e. The molecule has 0 aromatic carbocycles. The predicted octanol–water partition coefficient (Wildman–Crippen LogP) is 3.14. The van der Waals surface area contributed by atoms with Crippen molar-refractivity contribution in [3.8, 4) is 5.88 Å². The number of hydrogen-bond acceptors (Lipinski definition) is 4. The summed E-state index contributed by atoms with van der Waals surface area (Å²) in [7, 11) is 0. The van der Waals surface area contributed by atoms with Gasteiger partial charge in [0.05, 0.1) is 0 Å². The van der Waals surface area contributed by atoms with Crippen molar-refractivity contribution in [1.29, 1.82) is 0 Å². The van der Waals surface area contributed by atoms with Gasteiger partial charge < -0.3 is 4.74 Å². The molecule has 0 saturated heterocycles. The molecule has 4 nitrogen and oxygen atoms in total. The molecule has 1 heterocycles. The van der Waals surface area contributed by atoms with Crippen LogP contribution >= 0.6 is 0 Å². The molecule has 1 atom stereocenters. The third-order valence-electron chi connectivity index (χ3n) is 3.36. The minimum atomic E-state index is -2.97. The lowest BCUT2D eigenvalue weighted by molar-refractivity contribution is -0.138. The normalized spacial score (nSPS) is 14.7. The van der Waals surface area contributed by atoms with E-state index in [0.717, 1.165) is 0 Å². The summed E-state index contributed by atoms with van der Waals surface area (Å²) in [5.41, 5.74) is -1.73. The van der Waals surface area contributed by atoms with Gasteiger partial charge in [-0.05, 0) is 19.4 Å². The average molecular weight is 299 g/mol. The highest BCUT2D eigenvalue weighted by Crippen LogP contribution is 2.34. The van der Waals surface area contributed by atoms with Crippen LogP contribution in [0, 0.1) is 5.41 Å². The van der Waals surface area contributed by atoms with Gasteiger partial charge in [-0.25, -0.2) is 4.98 Å². The lowest BCUT2D eigenvalue weighted by Gasteiger charge is -2.32. The third kappa shape index (κ3) is 3.62. The van der Waals surface area contributed by atoms with Crippen molar-refractivity contribution in [2.45, 2.75) is 46.6 Å². The van der Waals surface area contributed by atoms with E-state index in [1.807, 2.05) is 0 Å². The molecular formula is C15H19F2NO3. The highest BCUT2D eigenvalue weighted by atomic mass is 19.3. The lowest BCUT2D eigenvalue weighted by Crippen LogP contribution is -2.45. The fourth-order valence-electron chi connectivity index (χ4n) is 2.08. The molecule has 0 aliphatic rings. The van der Waals surface area contributed by atoms with Crippen LogP contribution in [0.2, 0.25) is 0 Å². The zero-order chi connectivity index (χ0) is 16.4. The summed E-state index contributed by atoms with van der Waals surface area (Å²) in [4.78, 5) is 28.3. The molecule has 0 N–H and O–H groups in total. The van der Waals surface area contributed by atoms with Crippen LogP contribution in [0.5, 0.6) is 5.88 Å². The summed E-state index contributed by atoms with van der Waals surface area (Å²) in [5.74, 6) is -0.846. The zero-order valence-electron chi connectivity index (χ0n) is 12.7. The number of carbonyl (C=O) groups excluding carboxylic acids is 2. The van der Waals surface area contributed by atoms with Gasteiger partial charge in [-0.1, -0.05) is 26.8 Å². The Morgan fingerprint density at radius 2 is 1.76 bits per heavy atom. The minimum Gasteiger partial charge on any atom is -0.417 e. The third-order valence-corrected chi connectivity index (χ3v) is 3.36. The molecule has 0 bridgehead atoms. The van der Waals surface area contributed by atoms with Crippen molar-refractivity contribution in [2.75, 3.05) is 0 Å². The van der Waals surface area contributed by atoms with Gasteiger partial charge in [-0.15, -0.1) is 0 Å². The SMILES string of the molecule is CC(=O)C(C)(C(=O)C(C)(C)C)c1ccc(OC(F)F)nc1. The van der Waals surface area contributed by atoms with Crippen LogP contribution in [-0.2, 0) is 15.0 Å². The van der Waals surface area contributed by atoms with Crippen LogP contribution in [0.4, 0.5) is 8.78 Å². The smallest absolute Gasteiger partial charge is 0.388 e. The average Bonchev–Trinajstić information content (AvgIpc) is 2.35. The molecule has 1 rings (SSSR count). The minimum absolute atomic E-state index is 0.258. The van der Waals surface area contributed by atoms with E-state index >= 15 is 0 Å². The number of alkyl halides is 2. The van der Waals surface area contributed by atoms with Crippen molar-refractivity contribution >= 4 is 11.6 Å². The van der Waals surface area contributed by atoms with Gasteiger partial charge in [0.25, 0.3) is 0 Å². The second-order valence-electron chi connectivity index (χ2n) is 6.02. The number of ether oxygens (including phenoxy) is 1. The van der Waals surface area contributed by atoms with E-state index < -0.39 is 17.4 Å². The number of hydrogen-bond donors (Lipinski definition) is 0. The van der Waals surface area contributed by atoms with Crippen LogP contribution in [0.1, 0.15) is 40.2 Å². The summed E-state index contributed by atoms with van der Waals surface area (Å²) in [6.45, 7) is 5.04. The van der Waals surface area contributed by atoms with Crippen LogP contribution < -0.4 is 4.74 Å². The summed E-state index contributed by atoms with van der Waals surface area (Å²) in [6.07, 6.45) is 1.22. The van der Waals surface area contributed by atoms with Crippen LogP contribution in [-0.4, -0.2) is 23.2 Å². The Morgan fingerprint density at radius 3 is 2.10 bits per heavy atom. The highest BCUT2D eigenvalue weighted by Gasteiger charge is 2.45. The summed E-state index contributed by atoms with van der Waals surface area (Å²) in [5, 5.41) is 0. The van der Waals surface area contributed by atoms with E-state index in [-0.39, 0.29) is 17.4 Å². The Hall–Kier alpha value is -1.85. The first kappa shape index (κ1) is 17.2. The summed E-state index contributed by atoms with van der Waals surface area (Å²) >= 11 is 0. The number of pyridine rings is 1. The Balaban J connectivity index is 3.24. The number of nitrogens with zero attached hydrogens (tertiary/aromatic N) is 1. The second kappa shape index (κ2) is 5.87. The molecule has 0 amide bonds. The number of rotatable bonds is 5. The maximum absolute atomic E-state index is 12.6. The molecule has 1 aromatic rings. The highest BCUT2D eigenvalue weighted by molar-refractivity contribution is 6.13. The standard InChI is InChI=1S/C15H19F2NO3/c1-9(19)15(5,12(20)14(2,3)4)10-6-7-11(18-8-10)21-13(16)17/h6-8,13H,1-5H3. The quantitative estimate of drug-likeness (QED) is 0.784.